The lowest BCUT2D eigenvalue weighted by Gasteiger charge is -2.00. The normalized spacial score (nSPS) is 10.4. The fourth-order valence-electron chi connectivity index (χ4n) is 1.24. The highest BCUT2D eigenvalue weighted by Crippen LogP contribution is 2.25. The highest BCUT2D eigenvalue weighted by atomic mass is 35.5. The standard InChI is InChI=1S/C11H5Cl2FOS/c12-6-1-2-7(8(14)5-6)11(15)9-3-4-10(13)16-9/h1-5H. The van der Waals surface area contributed by atoms with Gasteiger partial charge >= 0.3 is 0 Å². The summed E-state index contributed by atoms with van der Waals surface area (Å²) >= 11 is 12.4. The molecule has 5 heteroatoms. The zero-order chi connectivity index (χ0) is 11.7. The van der Waals surface area contributed by atoms with Gasteiger partial charge in [-0.25, -0.2) is 4.39 Å². The van der Waals surface area contributed by atoms with Gasteiger partial charge in [-0.15, -0.1) is 11.3 Å². The molecular formula is C11H5Cl2FOS. The summed E-state index contributed by atoms with van der Waals surface area (Å²) in [6, 6.07) is 7.14. The van der Waals surface area contributed by atoms with Crippen LogP contribution in [0.2, 0.25) is 9.36 Å². The number of hydrogen-bond acceptors (Lipinski definition) is 2. The summed E-state index contributed by atoms with van der Waals surface area (Å²) in [7, 11) is 0. The summed E-state index contributed by atoms with van der Waals surface area (Å²) in [6.45, 7) is 0. The third kappa shape index (κ3) is 2.26. The summed E-state index contributed by atoms with van der Waals surface area (Å²) in [5.74, 6) is -1.01. The summed E-state index contributed by atoms with van der Waals surface area (Å²) < 4.78 is 14.0. The predicted molar refractivity (Wildman–Crippen MR) is 64.2 cm³/mol. The van der Waals surface area contributed by atoms with Crippen LogP contribution in [0.25, 0.3) is 0 Å². The van der Waals surface area contributed by atoms with Crippen molar-refractivity contribution in [1.82, 2.24) is 0 Å². The van der Waals surface area contributed by atoms with E-state index in [0.29, 0.717) is 9.21 Å². The Labute approximate surface area is 105 Å². The molecular weight excluding hydrogens is 270 g/mol. The highest BCUT2D eigenvalue weighted by molar-refractivity contribution is 7.18. The van der Waals surface area contributed by atoms with Crippen molar-refractivity contribution < 1.29 is 9.18 Å². The van der Waals surface area contributed by atoms with E-state index < -0.39 is 5.82 Å². The van der Waals surface area contributed by atoms with Gasteiger partial charge in [0, 0.05) is 5.02 Å². The molecule has 1 aromatic heterocycles. The number of rotatable bonds is 2. The Hall–Kier alpha value is -0.900. The van der Waals surface area contributed by atoms with Crippen molar-refractivity contribution in [3.63, 3.8) is 0 Å². The molecule has 0 N–H and O–H groups in total. The van der Waals surface area contributed by atoms with E-state index in [0.717, 1.165) is 17.4 Å². The van der Waals surface area contributed by atoms with Crippen molar-refractivity contribution in [2.24, 2.45) is 0 Å². The van der Waals surface area contributed by atoms with Gasteiger partial charge in [-0.3, -0.25) is 4.79 Å². The van der Waals surface area contributed by atoms with Gasteiger partial charge in [0.25, 0.3) is 0 Å². The SMILES string of the molecule is O=C(c1ccc(Cl)s1)c1ccc(Cl)cc1F. The summed E-state index contributed by atoms with van der Waals surface area (Å²) in [5.41, 5.74) is 0.00270. The summed E-state index contributed by atoms with van der Waals surface area (Å²) in [5, 5.41) is 0.262. The average Bonchev–Trinajstić information content (AvgIpc) is 2.64. The molecule has 1 aromatic carbocycles. The number of carbonyl (C=O) groups excluding carboxylic acids is 1. The Bertz CT molecular complexity index is 551. The Balaban J connectivity index is 2.41. The molecule has 2 rings (SSSR count). The molecule has 0 aliphatic heterocycles. The Morgan fingerprint density at radius 3 is 2.50 bits per heavy atom. The second-order valence-corrected chi connectivity index (χ2v) is 5.21. The van der Waals surface area contributed by atoms with Crippen molar-refractivity contribution in [1.29, 1.82) is 0 Å². The second-order valence-electron chi connectivity index (χ2n) is 3.06. The Kier molecular flexibility index (Phi) is 3.28. The first-order valence-electron chi connectivity index (χ1n) is 4.33. The van der Waals surface area contributed by atoms with Gasteiger partial charge in [0.2, 0.25) is 5.78 Å². The van der Waals surface area contributed by atoms with Crippen LogP contribution in [0.5, 0.6) is 0 Å². The maximum Gasteiger partial charge on any atom is 0.205 e. The third-order valence-electron chi connectivity index (χ3n) is 1.97. The minimum atomic E-state index is -0.623. The van der Waals surface area contributed by atoms with E-state index in [2.05, 4.69) is 0 Å². The minimum absolute atomic E-state index is 0.00270. The van der Waals surface area contributed by atoms with Gasteiger partial charge in [-0.05, 0) is 30.3 Å². The Morgan fingerprint density at radius 2 is 1.94 bits per heavy atom. The number of hydrogen-bond donors (Lipinski definition) is 0. The zero-order valence-electron chi connectivity index (χ0n) is 7.84. The first-order chi connectivity index (χ1) is 7.58. The fraction of sp³-hybridized carbons (Fsp3) is 0. The third-order valence-corrected chi connectivity index (χ3v) is 3.44. The summed E-state index contributed by atoms with van der Waals surface area (Å²) in [6.07, 6.45) is 0. The van der Waals surface area contributed by atoms with Crippen LogP contribution in [0.4, 0.5) is 4.39 Å². The monoisotopic (exact) mass is 274 g/mol. The number of carbonyl (C=O) groups is 1. The second kappa shape index (κ2) is 4.53. The summed E-state index contributed by atoms with van der Waals surface area (Å²) in [4.78, 5) is 12.3. The number of benzene rings is 1. The lowest BCUT2D eigenvalue weighted by atomic mass is 10.1. The van der Waals surface area contributed by atoms with E-state index in [1.165, 1.54) is 12.1 Å². The smallest absolute Gasteiger partial charge is 0.205 e. The van der Waals surface area contributed by atoms with Gasteiger partial charge in [0.15, 0.2) is 0 Å². The topological polar surface area (TPSA) is 17.1 Å². The molecule has 0 saturated heterocycles. The lowest BCUT2D eigenvalue weighted by molar-refractivity contribution is 0.103. The van der Waals surface area contributed by atoms with Crippen LogP contribution >= 0.6 is 34.5 Å². The fourth-order valence-corrected chi connectivity index (χ4v) is 2.40. The van der Waals surface area contributed by atoms with Crippen molar-refractivity contribution in [2.75, 3.05) is 0 Å². The van der Waals surface area contributed by atoms with Gasteiger partial charge < -0.3 is 0 Å². The van der Waals surface area contributed by atoms with E-state index in [1.54, 1.807) is 12.1 Å². The molecule has 0 aliphatic rings. The maximum absolute atomic E-state index is 13.5. The molecule has 0 unspecified atom stereocenters. The van der Waals surface area contributed by atoms with Gasteiger partial charge in [-0.2, -0.15) is 0 Å². The highest BCUT2D eigenvalue weighted by Gasteiger charge is 2.15. The molecule has 1 heterocycles. The van der Waals surface area contributed by atoms with Crippen LogP contribution in [0.15, 0.2) is 30.3 Å². The molecule has 1 nitrogen and oxygen atoms in total. The van der Waals surface area contributed by atoms with Crippen LogP contribution in [0, 0.1) is 5.82 Å². The van der Waals surface area contributed by atoms with Gasteiger partial charge in [-0.1, -0.05) is 23.2 Å². The van der Waals surface area contributed by atoms with Crippen LogP contribution < -0.4 is 0 Å². The van der Waals surface area contributed by atoms with E-state index in [1.807, 2.05) is 0 Å². The molecule has 0 fully saturated rings. The molecule has 16 heavy (non-hydrogen) atoms. The molecule has 0 radical (unpaired) electrons. The lowest BCUT2D eigenvalue weighted by Crippen LogP contribution is -2.01. The van der Waals surface area contributed by atoms with Crippen LogP contribution in [0.1, 0.15) is 15.2 Å². The van der Waals surface area contributed by atoms with Gasteiger partial charge in [0.05, 0.1) is 14.8 Å². The molecule has 0 spiro atoms. The molecule has 0 atom stereocenters. The maximum atomic E-state index is 13.5. The minimum Gasteiger partial charge on any atom is -0.288 e. The van der Waals surface area contributed by atoms with E-state index >= 15 is 0 Å². The quantitative estimate of drug-likeness (QED) is 0.741. The van der Waals surface area contributed by atoms with E-state index in [9.17, 15) is 9.18 Å². The molecule has 0 saturated carbocycles. The van der Waals surface area contributed by atoms with E-state index in [4.69, 9.17) is 23.2 Å². The number of halogens is 3. The number of thiophene rings is 1. The Morgan fingerprint density at radius 1 is 1.19 bits per heavy atom. The van der Waals surface area contributed by atoms with Crippen LogP contribution in [0.3, 0.4) is 0 Å². The van der Waals surface area contributed by atoms with Crippen molar-refractivity contribution in [3.8, 4) is 0 Å². The predicted octanol–water partition coefficient (Wildman–Crippen LogP) is 4.43. The van der Waals surface area contributed by atoms with Crippen molar-refractivity contribution >= 4 is 40.3 Å². The van der Waals surface area contributed by atoms with Crippen LogP contribution in [-0.4, -0.2) is 5.78 Å². The first-order valence-corrected chi connectivity index (χ1v) is 5.90. The van der Waals surface area contributed by atoms with Crippen molar-refractivity contribution in [3.05, 3.63) is 55.9 Å². The molecule has 0 amide bonds. The van der Waals surface area contributed by atoms with Gasteiger partial charge in [0.1, 0.15) is 5.82 Å². The molecule has 0 bridgehead atoms. The van der Waals surface area contributed by atoms with Crippen molar-refractivity contribution in [2.45, 2.75) is 0 Å². The molecule has 0 aliphatic carbocycles. The largest absolute Gasteiger partial charge is 0.288 e. The average molecular weight is 275 g/mol. The molecule has 82 valence electrons. The molecule has 2 aromatic rings. The van der Waals surface area contributed by atoms with Crippen LogP contribution in [-0.2, 0) is 0 Å². The van der Waals surface area contributed by atoms with E-state index in [-0.39, 0.29) is 16.4 Å². The first kappa shape index (κ1) is 11.6. The zero-order valence-corrected chi connectivity index (χ0v) is 10.2. The number of ketones is 1.